The number of halogens is 4. The first-order valence-electron chi connectivity index (χ1n) is 10.4. The van der Waals surface area contributed by atoms with E-state index in [2.05, 4.69) is 15.4 Å². The number of carbonyl (C=O) groups excluding carboxylic acids is 1. The normalized spacial score (nSPS) is 13.9. The van der Waals surface area contributed by atoms with Crippen molar-refractivity contribution in [2.45, 2.75) is 31.5 Å². The standard InChI is InChI=1S/C24H18F4N4O/c25-18-11-17(23(33)30-13-14-3-7-19-16(10-14)2-1-9-29-19)6-8-20(18)32-21(15-4-5-15)12-22(31-32)24(26,27)28/h1-3,6-12,15H,4-5,13H2,(H,30,33). The van der Waals surface area contributed by atoms with Crippen LogP contribution < -0.4 is 5.32 Å². The molecule has 2 aromatic heterocycles. The van der Waals surface area contributed by atoms with Crippen LogP contribution in [-0.4, -0.2) is 20.7 Å². The number of alkyl halides is 3. The van der Waals surface area contributed by atoms with Crippen molar-refractivity contribution in [2.75, 3.05) is 0 Å². The van der Waals surface area contributed by atoms with Gasteiger partial charge < -0.3 is 5.32 Å². The van der Waals surface area contributed by atoms with Crippen LogP contribution in [-0.2, 0) is 12.7 Å². The third-order valence-corrected chi connectivity index (χ3v) is 5.58. The first kappa shape index (κ1) is 21.1. The van der Waals surface area contributed by atoms with E-state index < -0.39 is 23.6 Å². The zero-order valence-corrected chi connectivity index (χ0v) is 17.2. The zero-order valence-electron chi connectivity index (χ0n) is 17.2. The molecule has 0 radical (unpaired) electrons. The molecule has 0 spiro atoms. The van der Waals surface area contributed by atoms with Gasteiger partial charge in [0.05, 0.1) is 5.52 Å². The highest BCUT2D eigenvalue weighted by atomic mass is 19.4. The molecule has 2 aromatic carbocycles. The van der Waals surface area contributed by atoms with Gasteiger partial charge in [0.25, 0.3) is 5.91 Å². The van der Waals surface area contributed by atoms with Crippen molar-refractivity contribution >= 4 is 16.8 Å². The summed E-state index contributed by atoms with van der Waals surface area (Å²) in [7, 11) is 0. The first-order chi connectivity index (χ1) is 15.8. The molecule has 4 aromatic rings. The third kappa shape index (κ3) is 4.30. The van der Waals surface area contributed by atoms with E-state index in [1.807, 2.05) is 30.3 Å². The lowest BCUT2D eigenvalue weighted by Gasteiger charge is -2.10. The van der Waals surface area contributed by atoms with Gasteiger partial charge in [0.2, 0.25) is 0 Å². The van der Waals surface area contributed by atoms with Crippen molar-refractivity contribution in [3.05, 3.63) is 89.1 Å². The number of pyridine rings is 1. The van der Waals surface area contributed by atoms with Crippen molar-refractivity contribution in [1.29, 1.82) is 0 Å². The fourth-order valence-electron chi connectivity index (χ4n) is 3.74. The molecule has 5 rings (SSSR count). The molecule has 9 heteroatoms. The van der Waals surface area contributed by atoms with Gasteiger partial charge in [-0.1, -0.05) is 12.1 Å². The minimum Gasteiger partial charge on any atom is -0.348 e. The lowest BCUT2D eigenvalue weighted by Crippen LogP contribution is -2.23. The molecule has 0 aliphatic heterocycles. The van der Waals surface area contributed by atoms with E-state index in [-0.39, 0.29) is 23.7 Å². The van der Waals surface area contributed by atoms with Gasteiger partial charge in [-0.15, -0.1) is 0 Å². The number of benzene rings is 2. The van der Waals surface area contributed by atoms with Crippen LogP contribution in [0.5, 0.6) is 0 Å². The Morgan fingerprint density at radius 3 is 2.64 bits per heavy atom. The minimum atomic E-state index is -4.62. The summed E-state index contributed by atoms with van der Waals surface area (Å²) in [5.41, 5.74) is 0.899. The zero-order chi connectivity index (χ0) is 23.2. The quantitative estimate of drug-likeness (QED) is 0.412. The highest BCUT2D eigenvalue weighted by Crippen LogP contribution is 2.43. The van der Waals surface area contributed by atoms with Crippen LogP contribution in [0.2, 0.25) is 0 Å². The fraction of sp³-hybridized carbons (Fsp3) is 0.208. The van der Waals surface area contributed by atoms with E-state index in [1.165, 1.54) is 12.1 Å². The van der Waals surface area contributed by atoms with Crippen LogP contribution in [0.15, 0.2) is 60.8 Å². The molecule has 0 unspecified atom stereocenters. The Morgan fingerprint density at radius 1 is 1.09 bits per heavy atom. The molecule has 1 N–H and O–H groups in total. The van der Waals surface area contributed by atoms with Crippen molar-refractivity contribution in [2.24, 2.45) is 0 Å². The molecule has 33 heavy (non-hydrogen) atoms. The Balaban J connectivity index is 1.35. The molecular formula is C24H18F4N4O. The number of carbonyl (C=O) groups is 1. The number of rotatable bonds is 5. The van der Waals surface area contributed by atoms with Crippen LogP contribution in [0.3, 0.4) is 0 Å². The molecule has 1 saturated carbocycles. The van der Waals surface area contributed by atoms with E-state index in [9.17, 15) is 22.4 Å². The molecule has 1 amide bonds. The molecule has 1 fully saturated rings. The van der Waals surface area contributed by atoms with E-state index in [0.717, 1.165) is 46.1 Å². The maximum absolute atomic E-state index is 14.9. The lowest BCUT2D eigenvalue weighted by atomic mass is 10.1. The second-order valence-electron chi connectivity index (χ2n) is 8.02. The first-order valence-corrected chi connectivity index (χ1v) is 10.4. The van der Waals surface area contributed by atoms with Gasteiger partial charge in [-0.05, 0) is 60.9 Å². The smallest absolute Gasteiger partial charge is 0.348 e. The number of nitrogens with one attached hydrogen (secondary N) is 1. The van der Waals surface area contributed by atoms with E-state index in [4.69, 9.17) is 0 Å². The maximum Gasteiger partial charge on any atom is 0.435 e. The predicted octanol–water partition coefficient (Wildman–Crippen LogP) is 5.39. The van der Waals surface area contributed by atoms with E-state index >= 15 is 0 Å². The summed E-state index contributed by atoms with van der Waals surface area (Å²) < 4.78 is 55.3. The Labute approximate surface area is 186 Å². The van der Waals surface area contributed by atoms with Crippen molar-refractivity contribution in [1.82, 2.24) is 20.1 Å². The summed E-state index contributed by atoms with van der Waals surface area (Å²) in [4.78, 5) is 16.8. The summed E-state index contributed by atoms with van der Waals surface area (Å²) >= 11 is 0. The third-order valence-electron chi connectivity index (χ3n) is 5.58. The SMILES string of the molecule is O=C(NCc1ccc2ncccc2c1)c1ccc(-n2nc(C(F)(F)F)cc2C2CC2)c(F)c1. The van der Waals surface area contributed by atoms with Gasteiger partial charge in [-0.2, -0.15) is 18.3 Å². The molecule has 0 saturated heterocycles. The Hall–Kier alpha value is -3.75. The molecule has 2 heterocycles. The molecule has 1 aliphatic rings. The Morgan fingerprint density at radius 2 is 1.91 bits per heavy atom. The topological polar surface area (TPSA) is 59.8 Å². The molecule has 5 nitrogen and oxygen atoms in total. The van der Waals surface area contributed by atoms with Crippen LogP contribution in [0, 0.1) is 5.82 Å². The van der Waals surface area contributed by atoms with E-state index in [1.54, 1.807) is 6.20 Å². The van der Waals surface area contributed by atoms with Gasteiger partial charge in [-0.3, -0.25) is 9.78 Å². The van der Waals surface area contributed by atoms with E-state index in [0.29, 0.717) is 5.69 Å². The second kappa shape index (κ2) is 7.99. The van der Waals surface area contributed by atoms with Crippen molar-refractivity contribution in [3.8, 4) is 5.69 Å². The predicted molar refractivity (Wildman–Crippen MR) is 113 cm³/mol. The Bertz CT molecular complexity index is 1360. The monoisotopic (exact) mass is 454 g/mol. The fourth-order valence-corrected chi connectivity index (χ4v) is 3.74. The summed E-state index contributed by atoms with van der Waals surface area (Å²) in [5, 5.41) is 7.26. The molecule has 0 bridgehead atoms. The average Bonchev–Trinajstić information content (AvgIpc) is 3.54. The molecule has 168 valence electrons. The summed E-state index contributed by atoms with van der Waals surface area (Å²) in [6.07, 6.45) is -1.46. The summed E-state index contributed by atoms with van der Waals surface area (Å²) in [6, 6.07) is 14.0. The number of amides is 1. The van der Waals surface area contributed by atoms with Crippen LogP contribution in [0.25, 0.3) is 16.6 Å². The van der Waals surface area contributed by atoms with Crippen LogP contribution in [0.1, 0.15) is 46.1 Å². The maximum atomic E-state index is 14.9. The number of nitrogens with zero attached hydrogens (tertiary/aromatic N) is 3. The number of aromatic nitrogens is 3. The largest absolute Gasteiger partial charge is 0.435 e. The summed E-state index contributed by atoms with van der Waals surface area (Å²) in [6.45, 7) is 0.229. The second-order valence-corrected chi connectivity index (χ2v) is 8.02. The number of fused-ring (bicyclic) bond motifs is 1. The van der Waals surface area contributed by atoms with Crippen LogP contribution >= 0.6 is 0 Å². The van der Waals surface area contributed by atoms with Gasteiger partial charge >= 0.3 is 6.18 Å². The molecule has 0 atom stereocenters. The van der Waals surface area contributed by atoms with Gasteiger partial charge in [0.1, 0.15) is 11.5 Å². The molecule has 1 aliphatic carbocycles. The highest BCUT2D eigenvalue weighted by Gasteiger charge is 2.38. The lowest BCUT2D eigenvalue weighted by molar-refractivity contribution is -0.141. The number of hydrogen-bond acceptors (Lipinski definition) is 3. The summed E-state index contributed by atoms with van der Waals surface area (Å²) in [5.74, 6) is -1.39. The van der Waals surface area contributed by atoms with Gasteiger partial charge in [-0.25, -0.2) is 9.07 Å². The highest BCUT2D eigenvalue weighted by molar-refractivity contribution is 5.94. The van der Waals surface area contributed by atoms with Crippen LogP contribution in [0.4, 0.5) is 17.6 Å². The van der Waals surface area contributed by atoms with Crippen molar-refractivity contribution in [3.63, 3.8) is 0 Å². The Kier molecular flexibility index (Phi) is 5.11. The molecular weight excluding hydrogens is 436 g/mol. The van der Waals surface area contributed by atoms with Gasteiger partial charge in [0.15, 0.2) is 5.69 Å². The number of hydrogen-bond donors (Lipinski definition) is 1. The minimum absolute atomic E-state index is 0.0647. The average molecular weight is 454 g/mol. The van der Waals surface area contributed by atoms with Gasteiger partial charge in [0, 0.05) is 35.3 Å². The van der Waals surface area contributed by atoms with Crippen molar-refractivity contribution < 1.29 is 22.4 Å².